The molecular weight excluding hydrogens is 372 g/mol. The zero-order valence-corrected chi connectivity index (χ0v) is 17.2. The monoisotopic (exact) mass is 400 g/mol. The topological polar surface area (TPSA) is 87.2 Å². The van der Waals surface area contributed by atoms with Crippen molar-refractivity contribution in [1.82, 2.24) is 9.80 Å². The van der Waals surface area contributed by atoms with Gasteiger partial charge in [0.1, 0.15) is 5.60 Å². The van der Waals surface area contributed by atoms with Crippen molar-refractivity contribution in [3.63, 3.8) is 0 Å². The number of fused-ring (bicyclic) bond motifs is 1. The molecule has 7 heteroatoms. The average molecular weight is 400 g/mol. The Balaban J connectivity index is 1.71. The van der Waals surface area contributed by atoms with E-state index in [2.05, 4.69) is 0 Å². The quantitative estimate of drug-likeness (QED) is 0.620. The predicted molar refractivity (Wildman–Crippen MR) is 108 cm³/mol. The van der Waals surface area contributed by atoms with E-state index >= 15 is 0 Å². The van der Waals surface area contributed by atoms with Gasteiger partial charge >= 0.3 is 6.09 Å². The number of aliphatic hydroxyl groups is 1. The largest absolute Gasteiger partial charge is 0.444 e. The van der Waals surface area contributed by atoms with E-state index in [-0.39, 0.29) is 31.1 Å². The summed E-state index contributed by atoms with van der Waals surface area (Å²) in [5.74, 6) is -0.597. The number of carbonyl (C=O) groups is 3. The van der Waals surface area contributed by atoms with Crippen LogP contribution in [0.3, 0.4) is 0 Å². The van der Waals surface area contributed by atoms with Gasteiger partial charge in [-0.15, -0.1) is 0 Å². The molecule has 1 saturated heterocycles. The van der Waals surface area contributed by atoms with E-state index in [1.807, 2.05) is 20.8 Å². The molecule has 0 aliphatic carbocycles. The van der Waals surface area contributed by atoms with Gasteiger partial charge in [0.2, 0.25) is 0 Å². The summed E-state index contributed by atoms with van der Waals surface area (Å²) in [6.45, 7) is 6.65. The van der Waals surface area contributed by atoms with E-state index in [0.29, 0.717) is 43.5 Å². The minimum Gasteiger partial charge on any atom is -0.444 e. The zero-order valence-electron chi connectivity index (χ0n) is 17.2. The highest BCUT2D eigenvalue weighted by atomic mass is 16.6. The van der Waals surface area contributed by atoms with E-state index in [1.165, 1.54) is 4.90 Å². The molecule has 0 unspecified atom stereocenters. The van der Waals surface area contributed by atoms with Gasteiger partial charge < -0.3 is 14.7 Å². The molecule has 7 nitrogen and oxygen atoms in total. The van der Waals surface area contributed by atoms with Gasteiger partial charge in [0.25, 0.3) is 11.8 Å². The Bertz CT molecular complexity index is 808. The Labute approximate surface area is 170 Å². The van der Waals surface area contributed by atoms with Gasteiger partial charge in [-0.2, -0.15) is 0 Å². The normalized spacial score (nSPS) is 16.9. The molecule has 2 aliphatic rings. The Kier molecular flexibility index (Phi) is 6.07. The van der Waals surface area contributed by atoms with E-state index in [9.17, 15) is 19.5 Å². The van der Waals surface area contributed by atoms with E-state index in [1.54, 1.807) is 29.2 Å². The van der Waals surface area contributed by atoms with Gasteiger partial charge in [0.15, 0.2) is 0 Å². The van der Waals surface area contributed by atoms with Crippen LogP contribution in [-0.4, -0.2) is 64.7 Å². The molecule has 1 aromatic carbocycles. The molecule has 156 valence electrons. The van der Waals surface area contributed by atoms with Gasteiger partial charge in [-0.1, -0.05) is 17.7 Å². The first-order valence-electron chi connectivity index (χ1n) is 9.95. The number of amides is 3. The van der Waals surface area contributed by atoms with Gasteiger partial charge in [0, 0.05) is 19.7 Å². The fourth-order valence-corrected chi connectivity index (χ4v) is 3.72. The van der Waals surface area contributed by atoms with Crippen molar-refractivity contribution in [3.8, 4) is 0 Å². The molecule has 2 heterocycles. The first kappa shape index (κ1) is 21.0. The van der Waals surface area contributed by atoms with Crippen LogP contribution in [-0.2, 0) is 4.74 Å². The summed E-state index contributed by atoms with van der Waals surface area (Å²) in [6, 6.07) is 6.81. The Hall–Kier alpha value is -2.67. The molecule has 3 rings (SSSR count). The van der Waals surface area contributed by atoms with Crippen LogP contribution in [0.15, 0.2) is 35.4 Å². The van der Waals surface area contributed by atoms with Crippen molar-refractivity contribution < 1.29 is 24.2 Å². The predicted octanol–water partition coefficient (Wildman–Crippen LogP) is 2.99. The molecule has 0 atom stereocenters. The van der Waals surface area contributed by atoms with Crippen molar-refractivity contribution in [3.05, 3.63) is 46.5 Å². The number of benzene rings is 1. The van der Waals surface area contributed by atoms with E-state index < -0.39 is 5.60 Å². The van der Waals surface area contributed by atoms with Crippen molar-refractivity contribution >= 4 is 17.9 Å². The van der Waals surface area contributed by atoms with Crippen LogP contribution in [0.5, 0.6) is 0 Å². The van der Waals surface area contributed by atoms with Gasteiger partial charge in [0.05, 0.1) is 17.7 Å². The number of aliphatic hydroxyl groups excluding tert-OH is 1. The summed E-state index contributed by atoms with van der Waals surface area (Å²) >= 11 is 0. The van der Waals surface area contributed by atoms with Crippen LogP contribution in [0.25, 0.3) is 0 Å². The fourth-order valence-electron chi connectivity index (χ4n) is 3.72. The Morgan fingerprint density at radius 3 is 2.10 bits per heavy atom. The minimum absolute atomic E-state index is 0.0578. The van der Waals surface area contributed by atoms with Crippen LogP contribution >= 0.6 is 0 Å². The number of hydrogen-bond donors (Lipinski definition) is 1. The fraction of sp³-hybridized carbons (Fsp3) is 0.500. The second-order valence-corrected chi connectivity index (χ2v) is 8.39. The number of likely N-dealkylation sites (tertiary alicyclic amines) is 1. The molecular formula is C22H28N2O5. The molecule has 0 radical (unpaired) electrons. The van der Waals surface area contributed by atoms with E-state index in [0.717, 1.165) is 11.1 Å². The van der Waals surface area contributed by atoms with Crippen LogP contribution in [0, 0.1) is 0 Å². The van der Waals surface area contributed by atoms with Crippen LogP contribution in [0.2, 0.25) is 0 Å². The standard InChI is InChI=1S/C22H28N2O5/c1-22(2,3)29-21(28)23-11-8-15(9-12-23)16(10-13-25)14-24-19(26)17-6-4-5-7-18(17)20(24)27/h4-7,25H,8-14H2,1-3H3. The van der Waals surface area contributed by atoms with Crippen molar-refractivity contribution in [2.45, 2.75) is 45.6 Å². The van der Waals surface area contributed by atoms with Crippen molar-refractivity contribution in [1.29, 1.82) is 0 Å². The van der Waals surface area contributed by atoms with Crippen molar-refractivity contribution in [2.24, 2.45) is 0 Å². The molecule has 1 N–H and O–H groups in total. The molecule has 1 fully saturated rings. The lowest BCUT2D eigenvalue weighted by atomic mass is 9.95. The summed E-state index contributed by atoms with van der Waals surface area (Å²) in [5.41, 5.74) is 2.29. The maximum absolute atomic E-state index is 12.7. The Morgan fingerprint density at radius 1 is 1.07 bits per heavy atom. The number of carbonyl (C=O) groups excluding carboxylic acids is 3. The molecule has 1 aromatic rings. The second kappa shape index (κ2) is 8.37. The molecule has 29 heavy (non-hydrogen) atoms. The number of imide groups is 1. The van der Waals surface area contributed by atoms with Gasteiger partial charge in [-0.25, -0.2) is 4.79 Å². The number of ether oxygens (including phenoxy) is 1. The van der Waals surface area contributed by atoms with Crippen LogP contribution < -0.4 is 0 Å². The highest BCUT2D eigenvalue weighted by molar-refractivity contribution is 6.21. The first-order chi connectivity index (χ1) is 13.7. The molecule has 0 aromatic heterocycles. The van der Waals surface area contributed by atoms with E-state index in [4.69, 9.17) is 4.74 Å². The third-order valence-corrected chi connectivity index (χ3v) is 5.16. The number of rotatable bonds is 4. The molecule has 2 aliphatic heterocycles. The third kappa shape index (κ3) is 4.67. The van der Waals surface area contributed by atoms with Crippen LogP contribution in [0.4, 0.5) is 4.79 Å². The van der Waals surface area contributed by atoms with Gasteiger partial charge in [-0.3, -0.25) is 14.5 Å². The summed E-state index contributed by atoms with van der Waals surface area (Å²) < 4.78 is 5.43. The molecule has 0 bridgehead atoms. The highest BCUT2D eigenvalue weighted by Gasteiger charge is 2.36. The zero-order chi connectivity index (χ0) is 21.2. The summed E-state index contributed by atoms with van der Waals surface area (Å²) in [5, 5.41) is 9.51. The lowest BCUT2D eigenvalue weighted by Gasteiger charge is -2.32. The number of hydrogen-bond acceptors (Lipinski definition) is 5. The molecule has 0 spiro atoms. The average Bonchev–Trinajstić information content (AvgIpc) is 2.91. The summed E-state index contributed by atoms with van der Waals surface area (Å²) in [7, 11) is 0. The minimum atomic E-state index is -0.541. The smallest absolute Gasteiger partial charge is 0.410 e. The molecule has 3 amide bonds. The third-order valence-electron chi connectivity index (χ3n) is 5.16. The SMILES string of the molecule is CC(C)(C)OC(=O)N1CCC(=C(CCO)CN2C(=O)c3ccccc3C2=O)CC1. The molecule has 0 saturated carbocycles. The first-order valence-corrected chi connectivity index (χ1v) is 9.95. The summed E-state index contributed by atoms with van der Waals surface area (Å²) in [4.78, 5) is 40.5. The van der Waals surface area contributed by atoms with Crippen LogP contribution in [0.1, 0.15) is 60.7 Å². The van der Waals surface area contributed by atoms with Gasteiger partial charge in [-0.05, 0) is 57.7 Å². The maximum Gasteiger partial charge on any atom is 0.410 e. The lowest BCUT2D eigenvalue weighted by Crippen LogP contribution is -2.41. The Morgan fingerprint density at radius 2 is 1.62 bits per heavy atom. The van der Waals surface area contributed by atoms with Crippen molar-refractivity contribution in [2.75, 3.05) is 26.2 Å². The maximum atomic E-state index is 12.7. The summed E-state index contributed by atoms with van der Waals surface area (Å²) in [6.07, 6.45) is 1.34. The lowest BCUT2D eigenvalue weighted by molar-refractivity contribution is 0.0235. The number of piperidine rings is 1. The highest BCUT2D eigenvalue weighted by Crippen LogP contribution is 2.28. The second-order valence-electron chi connectivity index (χ2n) is 8.39. The number of nitrogens with zero attached hydrogens (tertiary/aromatic N) is 2.